The second-order valence-corrected chi connectivity index (χ2v) is 5.83. The van der Waals surface area contributed by atoms with E-state index in [1.165, 1.54) is 0 Å². The standard InChI is InChI=1S/C10H11F5N2O2S/c11-6-4-7(12)9(8(16)5-6)17-20(18,19)3-1-2-10(13,14)15/h4-5,17H,1-3,16H2. The maximum Gasteiger partial charge on any atom is 0.389 e. The van der Waals surface area contributed by atoms with Crippen LogP contribution in [0.5, 0.6) is 0 Å². The van der Waals surface area contributed by atoms with Gasteiger partial charge in [0.05, 0.1) is 11.4 Å². The zero-order valence-electron chi connectivity index (χ0n) is 9.97. The molecule has 0 amide bonds. The lowest BCUT2D eigenvalue weighted by atomic mass is 10.2. The van der Waals surface area contributed by atoms with Crippen molar-refractivity contribution in [2.75, 3.05) is 16.2 Å². The van der Waals surface area contributed by atoms with Gasteiger partial charge in [0, 0.05) is 12.5 Å². The van der Waals surface area contributed by atoms with E-state index < -0.39 is 57.8 Å². The van der Waals surface area contributed by atoms with Crippen LogP contribution in [-0.4, -0.2) is 20.3 Å². The average Bonchev–Trinajstić information content (AvgIpc) is 2.21. The van der Waals surface area contributed by atoms with E-state index in [9.17, 15) is 30.4 Å². The molecule has 0 saturated carbocycles. The fourth-order valence-electron chi connectivity index (χ4n) is 1.37. The third kappa shape index (κ3) is 5.19. The van der Waals surface area contributed by atoms with Crippen molar-refractivity contribution >= 4 is 21.4 Å². The molecule has 1 rings (SSSR count). The predicted octanol–water partition coefficient (Wildman–Crippen LogP) is 2.63. The van der Waals surface area contributed by atoms with Crippen LogP contribution in [0.25, 0.3) is 0 Å². The molecule has 1 aromatic carbocycles. The first-order valence-corrected chi connectivity index (χ1v) is 6.97. The Balaban J connectivity index is 2.77. The highest BCUT2D eigenvalue weighted by molar-refractivity contribution is 7.92. The van der Waals surface area contributed by atoms with E-state index in [0.29, 0.717) is 12.1 Å². The third-order valence-corrected chi connectivity index (χ3v) is 3.56. The van der Waals surface area contributed by atoms with Gasteiger partial charge in [0.25, 0.3) is 0 Å². The lowest BCUT2D eigenvalue weighted by molar-refractivity contribution is -0.134. The van der Waals surface area contributed by atoms with Crippen LogP contribution in [0.2, 0.25) is 0 Å². The number of nitrogens with two attached hydrogens (primary N) is 1. The Morgan fingerprint density at radius 3 is 2.30 bits per heavy atom. The molecule has 0 radical (unpaired) electrons. The molecule has 114 valence electrons. The van der Waals surface area contributed by atoms with Crippen molar-refractivity contribution in [2.45, 2.75) is 19.0 Å². The Morgan fingerprint density at radius 2 is 1.80 bits per heavy atom. The monoisotopic (exact) mass is 318 g/mol. The van der Waals surface area contributed by atoms with Crippen LogP contribution in [0.4, 0.5) is 33.3 Å². The normalized spacial score (nSPS) is 12.4. The molecule has 1 aromatic rings. The first-order valence-electron chi connectivity index (χ1n) is 5.32. The molecule has 0 fully saturated rings. The maximum atomic E-state index is 13.3. The molecule has 0 spiro atoms. The molecule has 10 heteroatoms. The molecule has 0 aliphatic carbocycles. The highest BCUT2D eigenvalue weighted by Gasteiger charge is 2.27. The molecule has 0 bridgehead atoms. The molecular formula is C10H11F5N2O2S. The number of sulfonamides is 1. The maximum absolute atomic E-state index is 13.3. The van der Waals surface area contributed by atoms with Crippen LogP contribution >= 0.6 is 0 Å². The smallest absolute Gasteiger partial charge is 0.389 e. The van der Waals surface area contributed by atoms with Crippen molar-refractivity contribution in [3.8, 4) is 0 Å². The van der Waals surface area contributed by atoms with Gasteiger partial charge in [-0.15, -0.1) is 0 Å². The summed E-state index contributed by atoms with van der Waals surface area (Å²) in [6, 6.07) is 1.10. The molecule has 20 heavy (non-hydrogen) atoms. The highest BCUT2D eigenvalue weighted by atomic mass is 32.2. The minimum Gasteiger partial charge on any atom is -0.397 e. The quantitative estimate of drug-likeness (QED) is 0.647. The summed E-state index contributed by atoms with van der Waals surface area (Å²) in [6.45, 7) is 0. The second kappa shape index (κ2) is 5.81. The van der Waals surface area contributed by atoms with Gasteiger partial charge >= 0.3 is 6.18 Å². The fraction of sp³-hybridized carbons (Fsp3) is 0.400. The van der Waals surface area contributed by atoms with Crippen LogP contribution in [-0.2, 0) is 10.0 Å². The van der Waals surface area contributed by atoms with Crippen molar-refractivity contribution in [3.63, 3.8) is 0 Å². The Bertz CT molecular complexity index is 563. The van der Waals surface area contributed by atoms with Gasteiger partial charge in [-0.3, -0.25) is 4.72 Å². The third-order valence-electron chi connectivity index (χ3n) is 2.22. The van der Waals surface area contributed by atoms with Crippen LogP contribution in [0.15, 0.2) is 12.1 Å². The lowest BCUT2D eigenvalue weighted by Crippen LogP contribution is -2.20. The van der Waals surface area contributed by atoms with E-state index in [1.54, 1.807) is 4.72 Å². The summed E-state index contributed by atoms with van der Waals surface area (Å²) in [5, 5.41) is 0. The molecule has 3 N–H and O–H groups in total. The Kier molecular flexibility index (Phi) is 4.79. The summed E-state index contributed by atoms with van der Waals surface area (Å²) < 4.78 is 86.4. The van der Waals surface area contributed by atoms with Gasteiger partial charge in [0.15, 0.2) is 5.82 Å². The Morgan fingerprint density at radius 1 is 1.20 bits per heavy atom. The lowest BCUT2D eigenvalue weighted by Gasteiger charge is -2.12. The fourth-order valence-corrected chi connectivity index (χ4v) is 2.52. The van der Waals surface area contributed by atoms with Crippen molar-refractivity contribution in [1.82, 2.24) is 0 Å². The average molecular weight is 318 g/mol. The molecule has 0 aliphatic rings. The number of nitrogens with one attached hydrogen (secondary N) is 1. The number of halogens is 5. The van der Waals surface area contributed by atoms with Gasteiger partial charge in [-0.2, -0.15) is 13.2 Å². The number of alkyl halides is 3. The summed E-state index contributed by atoms with van der Waals surface area (Å²) in [4.78, 5) is 0. The summed E-state index contributed by atoms with van der Waals surface area (Å²) in [6.07, 6.45) is -6.44. The SMILES string of the molecule is Nc1cc(F)cc(F)c1NS(=O)(=O)CCCC(F)(F)F. The van der Waals surface area contributed by atoms with Crippen molar-refractivity contribution < 1.29 is 30.4 Å². The molecule has 0 aromatic heterocycles. The molecule has 0 aliphatic heterocycles. The second-order valence-electron chi connectivity index (χ2n) is 3.99. The number of hydrogen-bond acceptors (Lipinski definition) is 3. The van der Waals surface area contributed by atoms with Crippen molar-refractivity contribution in [1.29, 1.82) is 0 Å². The molecule has 4 nitrogen and oxygen atoms in total. The topological polar surface area (TPSA) is 72.2 Å². The Hall–Kier alpha value is -1.58. The van der Waals surface area contributed by atoms with Gasteiger partial charge in [0.1, 0.15) is 11.5 Å². The molecule has 0 atom stereocenters. The van der Waals surface area contributed by atoms with Gasteiger partial charge in [-0.05, 0) is 12.5 Å². The minimum atomic E-state index is -4.48. The summed E-state index contributed by atoms with van der Waals surface area (Å²) in [7, 11) is -4.21. The molecule has 0 saturated heterocycles. The van der Waals surface area contributed by atoms with Gasteiger partial charge in [-0.25, -0.2) is 17.2 Å². The summed E-state index contributed by atoms with van der Waals surface area (Å²) >= 11 is 0. The van der Waals surface area contributed by atoms with E-state index in [4.69, 9.17) is 5.73 Å². The number of benzene rings is 1. The predicted molar refractivity (Wildman–Crippen MR) is 63.5 cm³/mol. The molecular weight excluding hydrogens is 307 g/mol. The summed E-state index contributed by atoms with van der Waals surface area (Å²) in [5.41, 5.74) is 4.06. The van der Waals surface area contributed by atoms with Gasteiger partial charge < -0.3 is 5.73 Å². The van der Waals surface area contributed by atoms with Gasteiger partial charge in [0.2, 0.25) is 10.0 Å². The van der Waals surface area contributed by atoms with E-state index in [2.05, 4.69) is 0 Å². The highest BCUT2D eigenvalue weighted by Crippen LogP contribution is 2.26. The van der Waals surface area contributed by atoms with Crippen LogP contribution in [0.1, 0.15) is 12.8 Å². The summed E-state index contributed by atoms with van der Waals surface area (Å²) in [5.74, 6) is -3.11. The van der Waals surface area contributed by atoms with Crippen molar-refractivity contribution in [2.24, 2.45) is 0 Å². The van der Waals surface area contributed by atoms with Crippen LogP contribution in [0.3, 0.4) is 0 Å². The number of hydrogen-bond donors (Lipinski definition) is 2. The van der Waals surface area contributed by atoms with Crippen molar-refractivity contribution in [3.05, 3.63) is 23.8 Å². The Labute approximate surface area is 111 Å². The molecule has 0 unspecified atom stereocenters. The number of nitrogen functional groups attached to an aromatic ring is 1. The minimum absolute atomic E-state index is 0.407. The number of anilines is 2. The first kappa shape index (κ1) is 16.5. The zero-order chi connectivity index (χ0) is 15.6. The first-order chi connectivity index (χ1) is 9.00. The largest absolute Gasteiger partial charge is 0.397 e. The van der Waals surface area contributed by atoms with Crippen LogP contribution < -0.4 is 10.5 Å². The molecule has 0 heterocycles. The van der Waals surface area contributed by atoms with E-state index in [1.807, 2.05) is 0 Å². The van der Waals surface area contributed by atoms with Gasteiger partial charge in [-0.1, -0.05) is 0 Å². The van der Waals surface area contributed by atoms with E-state index >= 15 is 0 Å². The van der Waals surface area contributed by atoms with E-state index in [-0.39, 0.29) is 0 Å². The zero-order valence-corrected chi connectivity index (χ0v) is 10.8. The van der Waals surface area contributed by atoms with E-state index in [0.717, 1.165) is 0 Å². The van der Waals surface area contributed by atoms with Crippen LogP contribution in [0, 0.1) is 11.6 Å². The number of rotatable bonds is 5.